The number of benzene rings is 1. The minimum Gasteiger partial charge on any atom is -0.381 e. The standard InChI is InChI=1S/C16H23N3O/c1-3-19-15-7-5-4-6-13(15)18-16(19)10-14(17-2)12-8-9-20-11-12/h4-7,12,14,17H,3,8-11H2,1-2H3. The maximum atomic E-state index is 5.53. The molecule has 0 amide bonds. The fraction of sp³-hybridized carbons (Fsp3) is 0.562. The van der Waals surface area contributed by atoms with Crippen molar-refractivity contribution in [2.24, 2.45) is 5.92 Å². The molecule has 0 aliphatic carbocycles. The van der Waals surface area contributed by atoms with E-state index in [0.717, 1.165) is 38.1 Å². The lowest BCUT2D eigenvalue weighted by molar-refractivity contribution is 0.177. The molecule has 2 unspecified atom stereocenters. The molecule has 1 fully saturated rings. The van der Waals surface area contributed by atoms with Gasteiger partial charge in [-0.1, -0.05) is 12.1 Å². The van der Waals surface area contributed by atoms with Crippen LogP contribution in [0.5, 0.6) is 0 Å². The van der Waals surface area contributed by atoms with E-state index in [2.05, 4.69) is 41.1 Å². The summed E-state index contributed by atoms with van der Waals surface area (Å²) in [5.41, 5.74) is 2.34. The molecule has 0 bridgehead atoms. The van der Waals surface area contributed by atoms with Crippen molar-refractivity contribution < 1.29 is 4.74 Å². The first-order valence-corrected chi connectivity index (χ1v) is 7.52. The molecule has 4 nitrogen and oxygen atoms in total. The van der Waals surface area contributed by atoms with Gasteiger partial charge in [0.25, 0.3) is 0 Å². The highest BCUT2D eigenvalue weighted by molar-refractivity contribution is 5.75. The average molecular weight is 273 g/mol. The molecule has 1 saturated heterocycles. The average Bonchev–Trinajstić information content (AvgIpc) is 3.11. The van der Waals surface area contributed by atoms with Crippen molar-refractivity contribution in [3.8, 4) is 0 Å². The number of nitrogens with one attached hydrogen (secondary N) is 1. The zero-order valence-electron chi connectivity index (χ0n) is 12.3. The Bertz CT molecular complexity index is 572. The van der Waals surface area contributed by atoms with Crippen LogP contribution in [-0.4, -0.2) is 35.9 Å². The SMILES string of the molecule is CCn1c(CC(NC)C2CCOC2)nc2ccccc21. The van der Waals surface area contributed by atoms with Crippen molar-refractivity contribution in [2.45, 2.75) is 32.4 Å². The number of likely N-dealkylation sites (N-methyl/N-ethyl adjacent to an activating group) is 1. The Kier molecular flexibility index (Phi) is 4.03. The molecule has 1 N–H and O–H groups in total. The third kappa shape index (κ3) is 2.45. The molecule has 3 rings (SSSR count). The lowest BCUT2D eigenvalue weighted by atomic mass is 9.96. The van der Waals surface area contributed by atoms with Gasteiger partial charge in [0.05, 0.1) is 17.6 Å². The van der Waals surface area contributed by atoms with Gasteiger partial charge >= 0.3 is 0 Å². The lowest BCUT2D eigenvalue weighted by Crippen LogP contribution is -2.36. The molecule has 1 aromatic heterocycles. The van der Waals surface area contributed by atoms with Crippen LogP contribution in [0.3, 0.4) is 0 Å². The summed E-state index contributed by atoms with van der Waals surface area (Å²) in [5, 5.41) is 3.45. The van der Waals surface area contributed by atoms with Crippen LogP contribution in [0, 0.1) is 5.92 Å². The summed E-state index contributed by atoms with van der Waals surface area (Å²) in [6.45, 7) is 4.92. The Morgan fingerprint density at radius 2 is 2.30 bits per heavy atom. The molecule has 2 aromatic rings. The molecule has 1 aliphatic rings. The first kappa shape index (κ1) is 13.6. The number of para-hydroxylation sites is 2. The minimum atomic E-state index is 0.444. The fourth-order valence-electron chi connectivity index (χ4n) is 3.21. The molecule has 4 heteroatoms. The van der Waals surface area contributed by atoms with Gasteiger partial charge in [0.2, 0.25) is 0 Å². The van der Waals surface area contributed by atoms with Crippen LogP contribution in [0.15, 0.2) is 24.3 Å². The maximum absolute atomic E-state index is 5.53. The van der Waals surface area contributed by atoms with Crippen LogP contribution >= 0.6 is 0 Å². The van der Waals surface area contributed by atoms with Crippen molar-refractivity contribution in [3.05, 3.63) is 30.1 Å². The van der Waals surface area contributed by atoms with E-state index in [1.54, 1.807) is 0 Å². The molecule has 0 radical (unpaired) electrons. The monoisotopic (exact) mass is 273 g/mol. The lowest BCUT2D eigenvalue weighted by Gasteiger charge is -2.21. The van der Waals surface area contributed by atoms with E-state index in [1.807, 2.05) is 7.05 Å². The number of imidazole rings is 1. The van der Waals surface area contributed by atoms with Crippen molar-refractivity contribution >= 4 is 11.0 Å². The van der Waals surface area contributed by atoms with Crippen LogP contribution in [-0.2, 0) is 17.7 Å². The van der Waals surface area contributed by atoms with Gasteiger partial charge in [0.15, 0.2) is 0 Å². The topological polar surface area (TPSA) is 39.1 Å². The normalized spacial score (nSPS) is 20.6. The molecule has 108 valence electrons. The quantitative estimate of drug-likeness (QED) is 0.908. The number of rotatable bonds is 5. The molecule has 20 heavy (non-hydrogen) atoms. The first-order valence-electron chi connectivity index (χ1n) is 7.52. The van der Waals surface area contributed by atoms with Crippen molar-refractivity contribution in [3.63, 3.8) is 0 Å². The molecule has 1 aromatic carbocycles. The number of hydrogen-bond acceptors (Lipinski definition) is 3. The predicted octanol–water partition coefficient (Wildman–Crippen LogP) is 2.22. The molecule has 2 heterocycles. The van der Waals surface area contributed by atoms with Crippen LogP contribution < -0.4 is 5.32 Å². The van der Waals surface area contributed by atoms with E-state index < -0.39 is 0 Å². The van der Waals surface area contributed by atoms with Gasteiger partial charge in [-0.05, 0) is 32.5 Å². The summed E-state index contributed by atoms with van der Waals surface area (Å²) in [6.07, 6.45) is 2.12. The van der Waals surface area contributed by atoms with Gasteiger partial charge in [-0.3, -0.25) is 0 Å². The van der Waals surface area contributed by atoms with E-state index >= 15 is 0 Å². The number of aryl methyl sites for hydroxylation is 1. The molecule has 2 atom stereocenters. The zero-order chi connectivity index (χ0) is 13.9. The van der Waals surface area contributed by atoms with Gasteiger partial charge in [-0.15, -0.1) is 0 Å². The summed E-state index contributed by atoms with van der Waals surface area (Å²) in [4.78, 5) is 4.82. The third-order valence-corrected chi connectivity index (χ3v) is 4.36. The number of hydrogen-bond donors (Lipinski definition) is 1. The van der Waals surface area contributed by atoms with E-state index in [1.165, 1.54) is 11.3 Å². The Balaban J connectivity index is 1.88. The Labute approximate surface area is 120 Å². The highest BCUT2D eigenvalue weighted by Gasteiger charge is 2.26. The van der Waals surface area contributed by atoms with Gasteiger partial charge in [-0.25, -0.2) is 4.98 Å². The van der Waals surface area contributed by atoms with E-state index in [0.29, 0.717) is 12.0 Å². The second-order valence-electron chi connectivity index (χ2n) is 5.48. The highest BCUT2D eigenvalue weighted by atomic mass is 16.5. The number of aromatic nitrogens is 2. The second kappa shape index (κ2) is 5.94. The summed E-state index contributed by atoms with van der Waals surface area (Å²) < 4.78 is 7.85. The van der Waals surface area contributed by atoms with E-state index in [4.69, 9.17) is 9.72 Å². The summed E-state index contributed by atoms with van der Waals surface area (Å²) >= 11 is 0. The van der Waals surface area contributed by atoms with E-state index in [-0.39, 0.29) is 0 Å². The van der Waals surface area contributed by atoms with Crippen molar-refractivity contribution in [1.29, 1.82) is 0 Å². The molecule has 1 aliphatic heterocycles. The van der Waals surface area contributed by atoms with Gasteiger partial charge in [0.1, 0.15) is 5.82 Å². The van der Waals surface area contributed by atoms with Crippen LogP contribution in [0.4, 0.5) is 0 Å². The Hall–Kier alpha value is -1.39. The number of ether oxygens (including phenoxy) is 1. The van der Waals surface area contributed by atoms with E-state index in [9.17, 15) is 0 Å². The molecule has 0 spiro atoms. The minimum absolute atomic E-state index is 0.444. The summed E-state index contributed by atoms with van der Waals surface area (Å²) in [5.74, 6) is 1.78. The predicted molar refractivity (Wildman–Crippen MR) is 80.9 cm³/mol. The number of nitrogens with zero attached hydrogens (tertiary/aromatic N) is 2. The van der Waals surface area contributed by atoms with Gasteiger partial charge in [0, 0.05) is 31.5 Å². The molecular weight excluding hydrogens is 250 g/mol. The van der Waals surface area contributed by atoms with Gasteiger partial charge < -0.3 is 14.6 Å². The highest BCUT2D eigenvalue weighted by Crippen LogP contribution is 2.22. The van der Waals surface area contributed by atoms with Crippen molar-refractivity contribution in [2.75, 3.05) is 20.3 Å². The molecule has 0 saturated carbocycles. The smallest absolute Gasteiger partial charge is 0.111 e. The number of fused-ring (bicyclic) bond motifs is 1. The molecular formula is C16H23N3O. The fourth-order valence-corrected chi connectivity index (χ4v) is 3.21. The van der Waals surface area contributed by atoms with Crippen LogP contribution in [0.2, 0.25) is 0 Å². The summed E-state index contributed by atoms with van der Waals surface area (Å²) in [6, 6.07) is 8.83. The first-order chi connectivity index (χ1) is 9.83. The summed E-state index contributed by atoms with van der Waals surface area (Å²) in [7, 11) is 2.04. The van der Waals surface area contributed by atoms with Crippen LogP contribution in [0.1, 0.15) is 19.2 Å². The second-order valence-corrected chi connectivity index (χ2v) is 5.48. The zero-order valence-corrected chi connectivity index (χ0v) is 12.3. The van der Waals surface area contributed by atoms with Crippen molar-refractivity contribution in [1.82, 2.24) is 14.9 Å². The maximum Gasteiger partial charge on any atom is 0.111 e. The van der Waals surface area contributed by atoms with Gasteiger partial charge in [-0.2, -0.15) is 0 Å². The Morgan fingerprint density at radius 3 is 3.00 bits per heavy atom. The third-order valence-electron chi connectivity index (χ3n) is 4.36. The Morgan fingerprint density at radius 1 is 1.45 bits per heavy atom. The van der Waals surface area contributed by atoms with Crippen LogP contribution in [0.25, 0.3) is 11.0 Å². The largest absolute Gasteiger partial charge is 0.381 e.